The van der Waals surface area contributed by atoms with Crippen LogP contribution in [0.25, 0.3) is 11.1 Å². The lowest BCUT2D eigenvalue weighted by molar-refractivity contribution is -0.123. The summed E-state index contributed by atoms with van der Waals surface area (Å²) in [6.07, 6.45) is 6.01. The molecule has 172 valence electrons. The van der Waals surface area contributed by atoms with Crippen LogP contribution in [-0.4, -0.2) is 21.4 Å². The number of nitrogens with zero attached hydrogens (tertiary/aromatic N) is 3. The number of thiophene rings is 1. The van der Waals surface area contributed by atoms with E-state index in [-0.39, 0.29) is 18.1 Å². The molecule has 0 bridgehead atoms. The largest absolute Gasteiger partial charge is 0.329 e. The molecule has 2 aliphatic rings. The van der Waals surface area contributed by atoms with Gasteiger partial charge in [-0.2, -0.15) is 5.26 Å². The van der Waals surface area contributed by atoms with Gasteiger partial charge in [0.15, 0.2) is 0 Å². The van der Waals surface area contributed by atoms with Gasteiger partial charge in [0.05, 0.1) is 12.1 Å². The van der Waals surface area contributed by atoms with Crippen LogP contribution < -0.4 is 5.32 Å². The Bertz CT molecular complexity index is 1390. The molecular formula is C26H23BrN4O2S. The first-order valence-corrected chi connectivity index (χ1v) is 12.8. The average Bonchev–Trinajstić information content (AvgIpc) is 3.41. The number of amides is 3. The summed E-state index contributed by atoms with van der Waals surface area (Å²) in [5, 5.41) is 13.6. The van der Waals surface area contributed by atoms with Gasteiger partial charge in [-0.25, -0.2) is 4.79 Å². The SMILES string of the molecule is Cc1cc(C=C2NC(=O)N(Cc3ccc(Br)cc3)C2=O)c(C)n1-c1sc2c(c1C#N)CCCC2. The highest BCUT2D eigenvalue weighted by Crippen LogP contribution is 2.38. The van der Waals surface area contributed by atoms with E-state index >= 15 is 0 Å². The predicted molar refractivity (Wildman–Crippen MR) is 136 cm³/mol. The van der Waals surface area contributed by atoms with E-state index < -0.39 is 6.03 Å². The van der Waals surface area contributed by atoms with Gasteiger partial charge in [0.1, 0.15) is 16.8 Å². The van der Waals surface area contributed by atoms with Crippen LogP contribution in [-0.2, 0) is 24.2 Å². The molecule has 1 aromatic carbocycles. The molecule has 3 amide bonds. The number of halogens is 1. The van der Waals surface area contributed by atoms with Gasteiger partial charge in [-0.3, -0.25) is 9.69 Å². The monoisotopic (exact) mass is 534 g/mol. The molecule has 0 radical (unpaired) electrons. The zero-order valence-corrected chi connectivity index (χ0v) is 21.3. The Morgan fingerprint density at radius 1 is 1.18 bits per heavy atom. The Balaban J connectivity index is 1.47. The molecule has 0 spiro atoms. The zero-order valence-electron chi connectivity index (χ0n) is 18.9. The molecule has 34 heavy (non-hydrogen) atoms. The molecule has 5 rings (SSSR count). The molecule has 2 aromatic heterocycles. The van der Waals surface area contributed by atoms with E-state index in [1.54, 1.807) is 17.4 Å². The third-order valence-electron chi connectivity index (χ3n) is 6.45. The summed E-state index contributed by atoms with van der Waals surface area (Å²) in [5.74, 6) is -0.345. The van der Waals surface area contributed by atoms with Gasteiger partial charge < -0.3 is 9.88 Å². The number of hydrogen-bond donors (Lipinski definition) is 1. The highest BCUT2D eigenvalue weighted by Gasteiger charge is 2.34. The van der Waals surface area contributed by atoms with Crippen LogP contribution in [0.5, 0.6) is 0 Å². The van der Waals surface area contributed by atoms with Crippen molar-refractivity contribution in [3.8, 4) is 11.1 Å². The number of nitriles is 1. The minimum absolute atomic E-state index is 0.209. The van der Waals surface area contributed by atoms with Gasteiger partial charge in [0.25, 0.3) is 5.91 Å². The molecule has 1 fully saturated rings. The van der Waals surface area contributed by atoms with Crippen LogP contribution in [0.2, 0.25) is 0 Å². The van der Waals surface area contributed by atoms with Crippen molar-refractivity contribution in [1.29, 1.82) is 5.26 Å². The van der Waals surface area contributed by atoms with Gasteiger partial charge in [0.2, 0.25) is 0 Å². The maximum atomic E-state index is 13.0. The Hall–Kier alpha value is -3.15. The molecule has 1 aliphatic heterocycles. The maximum absolute atomic E-state index is 13.0. The van der Waals surface area contributed by atoms with E-state index in [4.69, 9.17) is 0 Å². The van der Waals surface area contributed by atoms with Gasteiger partial charge in [-0.1, -0.05) is 28.1 Å². The van der Waals surface area contributed by atoms with E-state index in [2.05, 4.69) is 31.9 Å². The lowest BCUT2D eigenvalue weighted by Crippen LogP contribution is -2.30. The van der Waals surface area contributed by atoms with E-state index in [9.17, 15) is 14.9 Å². The van der Waals surface area contributed by atoms with Crippen molar-refractivity contribution in [2.45, 2.75) is 46.1 Å². The van der Waals surface area contributed by atoms with Crippen molar-refractivity contribution in [3.05, 3.63) is 79.0 Å². The number of carbonyl (C=O) groups excluding carboxylic acids is 2. The second kappa shape index (κ2) is 8.90. The Morgan fingerprint density at radius 2 is 1.91 bits per heavy atom. The fourth-order valence-electron chi connectivity index (χ4n) is 4.71. The first-order valence-electron chi connectivity index (χ1n) is 11.2. The van der Waals surface area contributed by atoms with Gasteiger partial charge in [0, 0.05) is 20.7 Å². The van der Waals surface area contributed by atoms with Crippen LogP contribution in [0.15, 0.2) is 40.5 Å². The number of fused-ring (bicyclic) bond motifs is 1. The van der Waals surface area contributed by atoms with Gasteiger partial charge in [-0.05, 0) is 80.5 Å². The van der Waals surface area contributed by atoms with Crippen molar-refractivity contribution in [1.82, 2.24) is 14.8 Å². The lowest BCUT2D eigenvalue weighted by Gasteiger charge is -2.11. The van der Waals surface area contributed by atoms with Crippen LogP contribution in [0.1, 0.15) is 51.4 Å². The van der Waals surface area contributed by atoms with Gasteiger partial charge in [-0.15, -0.1) is 11.3 Å². The summed E-state index contributed by atoms with van der Waals surface area (Å²) in [5.41, 5.74) is 5.87. The second-order valence-electron chi connectivity index (χ2n) is 8.67. The third kappa shape index (κ3) is 3.89. The van der Waals surface area contributed by atoms with Crippen LogP contribution >= 0.6 is 27.3 Å². The summed E-state index contributed by atoms with van der Waals surface area (Å²) in [6.45, 7) is 4.20. The molecule has 1 aliphatic carbocycles. The maximum Gasteiger partial charge on any atom is 0.329 e. The highest BCUT2D eigenvalue weighted by atomic mass is 79.9. The van der Waals surface area contributed by atoms with Gasteiger partial charge >= 0.3 is 6.03 Å². The van der Waals surface area contributed by atoms with Crippen LogP contribution in [0.4, 0.5) is 4.79 Å². The van der Waals surface area contributed by atoms with E-state index in [0.717, 1.165) is 63.2 Å². The molecule has 1 N–H and O–H groups in total. The fourth-order valence-corrected chi connectivity index (χ4v) is 6.43. The van der Waals surface area contributed by atoms with Crippen molar-refractivity contribution < 1.29 is 9.59 Å². The number of rotatable bonds is 4. The summed E-state index contributed by atoms with van der Waals surface area (Å²) in [7, 11) is 0. The van der Waals surface area contributed by atoms with E-state index in [1.165, 1.54) is 15.3 Å². The second-order valence-corrected chi connectivity index (χ2v) is 10.7. The first-order chi connectivity index (χ1) is 16.4. The molecule has 0 saturated carbocycles. The molecule has 0 unspecified atom stereocenters. The molecule has 1 saturated heterocycles. The number of aryl methyl sites for hydroxylation is 2. The summed E-state index contributed by atoms with van der Waals surface area (Å²) in [4.78, 5) is 28.1. The molecular weight excluding hydrogens is 512 g/mol. The smallest absolute Gasteiger partial charge is 0.308 e. The molecule has 0 atom stereocenters. The van der Waals surface area contributed by atoms with Crippen molar-refractivity contribution >= 4 is 45.3 Å². The van der Waals surface area contributed by atoms with E-state index in [0.29, 0.717) is 0 Å². The average molecular weight is 535 g/mol. The molecule has 8 heteroatoms. The van der Waals surface area contributed by atoms with Crippen molar-refractivity contribution in [2.75, 3.05) is 0 Å². The number of carbonyl (C=O) groups is 2. The Labute approximate surface area is 210 Å². The molecule has 3 aromatic rings. The highest BCUT2D eigenvalue weighted by molar-refractivity contribution is 9.10. The Kier molecular flexibility index (Phi) is 5.92. The number of aromatic nitrogens is 1. The molecule has 3 heterocycles. The minimum atomic E-state index is -0.425. The van der Waals surface area contributed by atoms with Crippen LogP contribution in [0, 0.1) is 25.2 Å². The lowest BCUT2D eigenvalue weighted by atomic mass is 9.96. The number of hydrogen-bond acceptors (Lipinski definition) is 4. The van der Waals surface area contributed by atoms with Crippen molar-refractivity contribution in [2.24, 2.45) is 0 Å². The normalized spacial score (nSPS) is 16.6. The standard InChI is InChI=1S/C26H23BrN4O2S/c1-15-11-18(16(2)31(15)25-21(13-28)20-5-3-4-6-23(20)34-25)12-22-24(32)30(26(33)29-22)14-17-7-9-19(27)10-8-17/h7-12H,3-6,14H2,1-2H3,(H,29,33). The summed E-state index contributed by atoms with van der Waals surface area (Å²) < 4.78 is 3.05. The zero-order chi connectivity index (χ0) is 24.0. The fraction of sp³-hybridized carbons (Fsp3) is 0.269. The van der Waals surface area contributed by atoms with E-state index in [1.807, 2.05) is 44.2 Å². The topological polar surface area (TPSA) is 78.1 Å². The minimum Gasteiger partial charge on any atom is -0.308 e. The quantitative estimate of drug-likeness (QED) is 0.341. The summed E-state index contributed by atoms with van der Waals surface area (Å²) in [6, 6.07) is 11.5. The summed E-state index contributed by atoms with van der Waals surface area (Å²) >= 11 is 5.10. The Morgan fingerprint density at radius 3 is 2.65 bits per heavy atom. The van der Waals surface area contributed by atoms with Crippen LogP contribution in [0.3, 0.4) is 0 Å². The molecule has 6 nitrogen and oxygen atoms in total. The predicted octanol–water partition coefficient (Wildman–Crippen LogP) is 5.76. The number of urea groups is 1. The number of nitrogens with one attached hydrogen (secondary N) is 1. The number of imide groups is 1. The number of benzene rings is 1. The first kappa shape index (κ1) is 22.6. The van der Waals surface area contributed by atoms with Crippen molar-refractivity contribution in [3.63, 3.8) is 0 Å². The third-order valence-corrected chi connectivity index (χ3v) is 8.26.